The molecule has 0 unspecified atom stereocenters. The molecule has 3 heterocycles. The highest BCUT2D eigenvalue weighted by Crippen LogP contribution is 2.34. The van der Waals surface area contributed by atoms with E-state index in [1.54, 1.807) is 26.7 Å². The van der Waals surface area contributed by atoms with E-state index >= 15 is 0 Å². The van der Waals surface area contributed by atoms with Gasteiger partial charge in [-0.3, -0.25) is 4.90 Å². The van der Waals surface area contributed by atoms with Crippen LogP contribution in [-0.4, -0.2) is 41.2 Å². The molecule has 178 valence electrons. The summed E-state index contributed by atoms with van der Waals surface area (Å²) < 4.78 is 21.8. The SMILES string of the molecule is COc1ccc(OC)c(Nc2nnc(-c3cccnc3N(Cc3ccccc3)C3=COCO3)[nH]2)c1. The van der Waals surface area contributed by atoms with Crippen molar-refractivity contribution in [3.63, 3.8) is 0 Å². The molecule has 1 aliphatic heterocycles. The Labute approximate surface area is 202 Å². The Kier molecular flexibility index (Phi) is 6.33. The van der Waals surface area contributed by atoms with Crippen LogP contribution in [0.2, 0.25) is 0 Å². The van der Waals surface area contributed by atoms with Crippen molar-refractivity contribution in [3.05, 3.63) is 84.6 Å². The molecule has 0 fully saturated rings. The number of methoxy groups -OCH3 is 2. The van der Waals surface area contributed by atoms with Gasteiger partial charge in [-0.2, -0.15) is 0 Å². The number of hydrogen-bond acceptors (Lipinski definition) is 9. The fraction of sp³-hybridized carbons (Fsp3) is 0.160. The first-order valence-electron chi connectivity index (χ1n) is 10.9. The van der Waals surface area contributed by atoms with E-state index in [0.29, 0.717) is 47.2 Å². The number of nitrogens with one attached hydrogen (secondary N) is 2. The highest BCUT2D eigenvalue weighted by Gasteiger charge is 2.24. The summed E-state index contributed by atoms with van der Waals surface area (Å²) in [5, 5.41) is 11.8. The van der Waals surface area contributed by atoms with Crippen molar-refractivity contribution < 1.29 is 18.9 Å². The first kappa shape index (κ1) is 22.1. The molecule has 10 nitrogen and oxygen atoms in total. The van der Waals surface area contributed by atoms with E-state index in [4.69, 9.17) is 18.9 Å². The largest absolute Gasteiger partial charge is 0.497 e. The maximum Gasteiger partial charge on any atom is 0.234 e. The number of nitrogens with zero attached hydrogens (tertiary/aromatic N) is 4. The predicted octanol–water partition coefficient (Wildman–Crippen LogP) is 4.44. The van der Waals surface area contributed by atoms with Crippen LogP contribution in [0.1, 0.15) is 5.56 Å². The summed E-state index contributed by atoms with van der Waals surface area (Å²) in [5.41, 5.74) is 2.52. The number of aromatic amines is 1. The summed E-state index contributed by atoms with van der Waals surface area (Å²) in [5.74, 6) is 3.52. The zero-order valence-electron chi connectivity index (χ0n) is 19.3. The summed E-state index contributed by atoms with van der Waals surface area (Å²) in [6.45, 7) is 0.682. The quantitative estimate of drug-likeness (QED) is 0.366. The molecule has 0 saturated heterocycles. The first-order chi connectivity index (χ1) is 17.2. The van der Waals surface area contributed by atoms with Crippen molar-refractivity contribution in [1.82, 2.24) is 20.2 Å². The average molecular weight is 473 g/mol. The molecule has 0 amide bonds. The molecule has 2 aromatic carbocycles. The number of aromatic nitrogens is 4. The van der Waals surface area contributed by atoms with E-state index in [2.05, 4.69) is 25.5 Å². The number of pyridine rings is 1. The van der Waals surface area contributed by atoms with Crippen LogP contribution in [-0.2, 0) is 16.0 Å². The Hall–Kier alpha value is -4.73. The minimum atomic E-state index is 0.154. The molecule has 0 saturated carbocycles. The van der Waals surface area contributed by atoms with Crippen molar-refractivity contribution in [2.45, 2.75) is 6.54 Å². The Morgan fingerprint density at radius 1 is 1.03 bits per heavy atom. The zero-order valence-corrected chi connectivity index (χ0v) is 19.3. The van der Waals surface area contributed by atoms with E-state index in [-0.39, 0.29) is 6.79 Å². The minimum Gasteiger partial charge on any atom is -0.497 e. The number of rotatable bonds is 9. The highest BCUT2D eigenvalue weighted by molar-refractivity contribution is 5.73. The van der Waals surface area contributed by atoms with Gasteiger partial charge in [0.2, 0.25) is 18.6 Å². The van der Waals surface area contributed by atoms with E-state index in [1.165, 1.54) is 0 Å². The van der Waals surface area contributed by atoms with Crippen molar-refractivity contribution >= 4 is 17.5 Å². The predicted molar refractivity (Wildman–Crippen MR) is 130 cm³/mol. The number of benzene rings is 2. The van der Waals surface area contributed by atoms with Gasteiger partial charge in [-0.15, -0.1) is 10.2 Å². The second-order valence-electron chi connectivity index (χ2n) is 7.54. The summed E-state index contributed by atoms with van der Waals surface area (Å²) in [6, 6.07) is 19.3. The molecule has 0 bridgehead atoms. The third-order valence-electron chi connectivity index (χ3n) is 5.35. The highest BCUT2D eigenvalue weighted by atomic mass is 16.7. The minimum absolute atomic E-state index is 0.154. The van der Waals surface area contributed by atoms with Crippen LogP contribution < -0.4 is 19.7 Å². The monoisotopic (exact) mass is 472 g/mol. The summed E-state index contributed by atoms with van der Waals surface area (Å²) in [7, 11) is 3.21. The van der Waals surface area contributed by atoms with Crippen LogP contribution in [0, 0.1) is 0 Å². The van der Waals surface area contributed by atoms with Gasteiger partial charge in [-0.25, -0.2) is 4.98 Å². The van der Waals surface area contributed by atoms with Gasteiger partial charge in [-0.05, 0) is 29.8 Å². The lowest BCUT2D eigenvalue weighted by atomic mass is 10.2. The normalized spacial score (nSPS) is 12.3. The molecule has 10 heteroatoms. The molecule has 2 N–H and O–H groups in total. The van der Waals surface area contributed by atoms with Crippen LogP contribution in [0.5, 0.6) is 11.5 Å². The van der Waals surface area contributed by atoms with E-state index in [0.717, 1.165) is 11.1 Å². The van der Waals surface area contributed by atoms with Gasteiger partial charge >= 0.3 is 0 Å². The smallest absolute Gasteiger partial charge is 0.234 e. The zero-order chi connectivity index (χ0) is 24.0. The van der Waals surface area contributed by atoms with Gasteiger partial charge in [0, 0.05) is 12.3 Å². The third-order valence-corrected chi connectivity index (χ3v) is 5.35. The molecular weight excluding hydrogens is 448 g/mol. The molecule has 35 heavy (non-hydrogen) atoms. The second kappa shape index (κ2) is 10.0. The Bertz CT molecular complexity index is 1320. The topological polar surface area (TPSA) is 107 Å². The number of ether oxygens (including phenoxy) is 4. The lowest BCUT2D eigenvalue weighted by Crippen LogP contribution is -2.24. The van der Waals surface area contributed by atoms with Gasteiger partial charge in [0.25, 0.3) is 0 Å². The van der Waals surface area contributed by atoms with Crippen LogP contribution in [0.4, 0.5) is 17.5 Å². The van der Waals surface area contributed by atoms with Crippen LogP contribution in [0.25, 0.3) is 11.4 Å². The number of H-pyrrole nitrogens is 1. The van der Waals surface area contributed by atoms with Crippen molar-refractivity contribution in [2.75, 3.05) is 31.2 Å². The Balaban J connectivity index is 1.47. The second-order valence-corrected chi connectivity index (χ2v) is 7.54. The molecule has 0 aliphatic carbocycles. The number of hydrogen-bond donors (Lipinski definition) is 2. The van der Waals surface area contributed by atoms with E-state index < -0.39 is 0 Å². The van der Waals surface area contributed by atoms with Crippen LogP contribution in [0.3, 0.4) is 0 Å². The molecule has 0 radical (unpaired) electrons. The van der Waals surface area contributed by atoms with Crippen molar-refractivity contribution in [1.29, 1.82) is 0 Å². The fourth-order valence-electron chi connectivity index (χ4n) is 3.67. The standard InChI is InChI=1S/C25H24N6O4/c1-32-18-10-11-21(33-2)20(13-18)27-25-28-23(29-30-25)19-9-6-12-26-24(19)31(22-15-34-16-35-22)14-17-7-4-3-5-8-17/h3-13,15H,14,16H2,1-2H3,(H2,27,28,29,30). The first-order valence-corrected chi connectivity index (χ1v) is 10.9. The van der Waals surface area contributed by atoms with Gasteiger partial charge in [0.05, 0.1) is 32.0 Å². The lowest BCUT2D eigenvalue weighted by molar-refractivity contribution is 0.0781. The van der Waals surface area contributed by atoms with E-state index in [1.807, 2.05) is 65.6 Å². The van der Waals surface area contributed by atoms with E-state index in [9.17, 15) is 0 Å². The summed E-state index contributed by atoms with van der Waals surface area (Å²) in [4.78, 5) is 9.82. The molecule has 1 aliphatic rings. The molecule has 5 rings (SSSR count). The van der Waals surface area contributed by atoms with Crippen LogP contribution >= 0.6 is 0 Å². The van der Waals surface area contributed by atoms with Gasteiger partial charge in [0.15, 0.2) is 5.82 Å². The van der Waals surface area contributed by atoms with Gasteiger partial charge < -0.3 is 29.2 Å². The van der Waals surface area contributed by atoms with Crippen LogP contribution in [0.15, 0.2) is 79.0 Å². The summed E-state index contributed by atoms with van der Waals surface area (Å²) in [6.07, 6.45) is 3.31. The fourth-order valence-corrected chi connectivity index (χ4v) is 3.67. The lowest BCUT2D eigenvalue weighted by Gasteiger charge is -2.24. The Morgan fingerprint density at radius 2 is 1.91 bits per heavy atom. The molecule has 0 spiro atoms. The maximum atomic E-state index is 5.70. The van der Waals surface area contributed by atoms with Crippen molar-refractivity contribution in [2.24, 2.45) is 0 Å². The Morgan fingerprint density at radius 3 is 2.69 bits per heavy atom. The molecule has 4 aromatic rings. The third kappa shape index (κ3) is 4.81. The van der Waals surface area contributed by atoms with Crippen molar-refractivity contribution in [3.8, 4) is 22.9 Å². The van der Waals surface area contributed by atoms with Gasteiger partial charge in [-0.1, -0.05) is 30.3 Å². The molecule has 0 atom stereocenters. The van der Waals surface area contributed by atoms with Gasteiger partial charge in [0.1, 0.15) is 23.6 Å². The average Bonchev–Trinajstić information content (AvgIpc) is 3.61. The maximum absolute atomic E-state index is 5.70. The molecular formula is C25H24N6O4. The summed E-state index contributed by atoms with van der Waals surface area (Å²) >= 11 is 0. The molecule has 2 aromatic heterocycles. The number of anilines is 3.